The highest BCUT2D eigenvalue weighted by Gasteiger charge is 2.24. The molecule has 1 aliphatic rings. The van der Waals surface area contributed by atoms with Crippen molar-refractivity contribution < 1.29 is 24.1 Å². The van der Waals surface area contributed by atoms with Crippen LogP contribution < -0.4 is 4.74 Å². The number of hydrogen-bond donors (Lipinski definition) is 1. The van der Waals surface area contributed by atoms with E-state index in [0.29, 0.717) is 30.2 Å². The van der Waals surface area contributed by atoms with Gasteiger partial charge in [-0.25, -0.2) is 0 Å². The summed E-state index contributed by atoms with van der Waals surface area (Å²) in [4.78, 5) is 0. The van der Waals surface area contributed by atoms with E-state index in [1.165, 1.54) is 0 Å². The molecule has 0 spiro atoms. The number of hydrogen-bond acceptors (Lipinski definition) is 5. The predicted octanol–water partition coefficient (Wildman–Crippen LogP) is 5.72. The van der Waals surface area contributed by atoms with Gasteiger partial charge < -0.3 is 24.1 Å². The molecule has 31 heavy (non-hydrogen) atoms. The molecule has 1 saturated heterocycles. The molecule has 0 aliphatic carbocycles. The van der Waals surface area contributed by atoms with E-state index in [-0.39, 0.29) is 24.1 Å². The zero-order chi connectivity index (χ0) is 21.8. The highest BCUT2D eigenvalue weighted by molar-refractivity contribution is 6.31. The quantitative estimate of drug-likeness (QED) is 0.302. The lowest BCUT2D eigenvalue weighted by Gasteiger charge is -2.22. The number of aromatic hydroxyl groups is 1. The first kappa shape index (κ1) is 22.2. The maximum absolute atomic E-state index is 10.8. The van der Waals surface area contributed by atoms with Gasteiger partial charge in [0.25, 0.3) is 0 Å². The van der Waals surface area contributed by atoms with E-state index in [0.717, 1.165) is 41.4 Å². The first-order valence-electron chi connectivity index (χ1n) is 10.9. The number of fused-ring (bicyclic) bond motifs is 2. The van der Waals surface area contributed by atoms with Gasteiger partial charge in [0.2, 0.25) is 0 Å². The van der Waals surface area contributed by atoms with Crippen LogP contribution in [0.2, 0.25) is 5.02 Å². The molecule has 0 saturated carbocycles. The van der Waals surface area contributed by atoms with Crippen LogP contribution in [-0.4, -0.2) is 49.8 Å². The molecule has 1 N–H and O–H groups in total. The van der Waals surface area contributed by atoms with Crippen LogP contribution >= 0.6 is 11.6 Å². The summed E-state index contributed by atoms with van der Waals surface area (Å²) in [6.07, 6.45) is 1.95. The van der Waals surface area contributed by atoms with E-state index in [9.17, 15) is 5.11 Å². The Kier molecular flexibility index (Phi) is 7.18. The molecular formula is C25H29ClO5. The Morgan fingerprint density at radius 1 is 0.968 bits per heavy atom. The SMILES string of the molecule is CCC(COc1c2ccccc2c(O)c2cc(Cl)ccc12)OCC(CC)OCC1CO1. The highest BCUT2D eigenvalue weighted by Crippen LogP contribution is 2.42. The second kappa shape index (κ2) is 10.0. The number of benzene rings is 3. The van der Waals surface area contributed by atoms with Crippen molar-refractivity contribution in [3.05, 3.63) is 47.5 Å². The first-order chi connectivity index (χ1) is 15.1. The molecule has 3 atom stereocenters. The maximum atomic E-state index is 10.8. The summed E-state index contributed by atoms with van der Waals surface area (Å²) in [5, 5.41) is 14.5. The van der Waals surface area contributed by atoms with Crippen LogP contribution in [-0.2, 0) is 14.2 Å². The van der Waals surface area contributed by atoms with E-state index >= 15 is 0 Å². The minimum absolute atomic E-state index is 0.0516. The Labute approximate surface area is 187 Å². The van der Waals surface area contributed by atoms with Gasteiger partial charge in [-0.05, 0) is 31.0 Å². The molecule has 1 heterocycles. The van der Waals surface area contributed by atoms with Crippen molar-refractivity contribution >= 4 is 33.1 Å². The summed E-state index contributed by atoms with van der Waals surface area (Å²) in [6, 6.07) is 13.2. The van der Waals surface area contributed by atoms with Crippen LogP contribution in [0.3, 0.4) is 0 Å². The number of phenolic OH excluding ortho intramolecular Hbond substituents is 1. The standard InChI is InChI=1S/C25H29ClO5/c1-3-17(29-14-19-15-30-19)12-28-18(4-2)13-31-25-21-8-6-5-7-20(21)24(27)23-11-16(26)9-10-22(23)25/h5-11,17-19,27H,3-4,12-15H2,1-2H3. The first-order valence-corrected chi connectivity index (χ1v) is 11.3. The summed E-state index contributed by atoms with van der Waals surface area (Å²) >= 11 is 6.19. The topological polar surface area (TPSA) is 60.5 Å². The van der Waals surface area contributed by atoms with Crippen LogP contribution in [0.5, 0.6) is 11.5 Å². The van der Waals surface area contributed by atoms with Gasteiger partial charge in [0, 0.05) is 26.6 Å². The van der Waals surface area contributed by atoms with Crippen molar-refractivity contribution in [1.82, 2.24) is 0 Å². The molecule has 5 nitrogen and oxygen atoms in total. The van der Waals surface area contributed by atoms with Crippen molar-refractivity contribution in [2.45, 2.75) is 45.0 Å². The Hall–Kier alpha value is -2.05. The van der Waals surface area contributed by atoms with Crippen LogP contribution in [0.1, 0.15) is 26.7 Å². The van der Waals surface area contributed by atoms with Crippen molar-refractivity contribution in [3.63, 3.8) is 0 Å². The normalized spacial score (nSPS) is 17.7. The van der Waals surface area contributed by atoms with Crippen LogP contribution in [0.25, 0.3) is 21.5 Å². The highest BCUT2D eigenvalue weighted by atomic mass is 35.5. The van der Waals surface area contributed by atoms with Crippen LogP contribution in [0, 0.1) is 0 Å². The number of epoxide rings is 1. The largest absolute Gasteiger partial charge is 0.507 e. The molecule has 0 bridgehead atoms. The van der Waals surface area contributed by atoms with Crippen molar-refractivity contribution in [2.24, 2.45) is 0 Å². The number of phenols is 1. The monoisotopic (exact) mass is 444 g/mol. The van der Waals surface area contributed by atoms with Crippen LogP contribution in [0.15, 0.2) is 42.5 Å². The average Bonchev–Trinajstić information content (AvgIpc) is 3.62. The summed E-state index contributed by atoms with van der Waals surface area (Å²) < 4.78 is 23.5. The predicted molar refractivity (Wildman–Crippen MR) is 123 cm³/mol. The molecule has 0 amide bonds. The molecule has 3 aromatic carbocycles. The summed E-state index contributed by atoms with van der Waals surface area (Å²) in [5.74, 6) is 0.947. The molecule has 4 rings (SSSR count). The van der Waals surface area contributed by atoms with E-state index in [4.69, 9.17) is 30.5 Å². The van der Waals surface area contributed by atoms with Gasteiger partial charge in [0.15, 0.2) is 0 Å². The van der Waals surface area contributed by atoms with Gasteiger partial charge in [0.05, 0.1) is 32.0 Å². The molecule has 3 aromatic rings. The Bertz CT molecular complexity index is 1030. The van der Waals surface area contributed by atoms with Gasteiger partial charge in [-0.15, -0.1) is 0 Å². The molecule has 1 aliphatic heterocycles. The Morgan fingerprint density at radius 2 is 1.65 bits per heavy atom. The third kappa shape index (κ3) is 5.24. The fourth-order valence-electron chi connectivity index (χ4n) is 3.64. The third-order valence-corrected chi connectivity index (χ3v) is 5.91. The van der Waals surface area contributed by atoms with Crippen molar-refractivity contribution in [1.29, 1.82) is 0 Å². The number of ether oxygens (including phenoxy) is 4. The number of rotatable bonds is 11. The molecule has 1 fully saturated rings. The van der Waals surface area contributed by atoms with Crippen molar-refractivity contribution in [2.75, 3.05) is 26.4 Å². The minimum Gasteiger partial charge on any atom is -0.507 e. The molecule has 166 valence electrons. The van der Waals surface area contributed by atoms with Gasteiger partial charge in [-0.2, -0.15) is 0 Å². The summed E-state index contributed by atoms with van der Waals surface area (Å²) in [5.41, 5.74) is 0. The molecule has 0 aromatic heterocycles. The molecular weight excluding hydrogens is 416 g/mol. The molecule has 3 unspecified atom stereocenters. The lowest BCUT2D eigenvalue weighted by molar-refractivity contribution is -0.0593. The van der Waals surface area contributed by atoms with Crippen molar-refractivity contribution in [3.8, 4) is 11.5 Å². The van der Waals surface area contributed by atoms with Gasteiger partial charge in [-0.1, -0.05) is 49.7 Å². The maximum Gasteiger partial charge on any atom is 0.135 e. The molecule has 6 heteroatoms. The Balaban J connectivity index is 1.50. The smallest absolute Gasteiger partial charge is 0.135 e. The second-order valence-electron chi connectivity index (χ2n) is 7.91. The Morgan fingerprint density at radius 3 is 2.35 bits per heavy atom. The van der Waals surface area contributed by atoms with E-state index in [1.54, 1.807) is 6.07 Å². The van der Waals surface area contributed by atoms with Gasteiger partial charge >= 0.3 is 0 Å². The zero-order valence-electron chi connectivity index (χ0n) is 18.0. The molecule has 0 radical (unpaired) electrons. The van der Waals surface area contributed by atoms with Gasteiger partial charge in [0.1, 0.15) is 24.2 Å². The number of halogens is 1. The average molecular weight is 445 g/mol. The zero-order valence-corrected chi connectivity index (χ0v) is 18.7. The lowest BCUT2D eigenvalue weighted by atomic mass is 10.0. The summed E-state index contributed by atoms with van der Waals surface area (Å²) in [6.45, 7) is 6.54. The van der Waals surface area contributed by atoms with E-state index < -0.39 is 0 Å². The van der Waals surface area contributed by atoms with E-state index in [1.807, 2.05) is 36.4 Å². The fraction of sp³-hybridized carbons (Fsp3) is 0.440. The third-order valence-electron chi connectivity index (χ3n) is 5.67. The van der Waals surface area contributed by atoms with E-state index in [2.05, 4.69) is 13.8 Å². The minimum atomic E-state index is -0.0651. The second-order valence-corrected chi connectivity index (χ2v) is 8.34. The lowest BCUT2D eigenvalue weighted by Crippen LogP contribution is -2.28. The summed E-state index contributed by atoms with van der Waals surface area (Å²) in [7, 11) is 0. The van der Waals surface area contributed by atoms with Gasteiger partial charge in [-0.3, -0.25) is 0 Å². The fourth-order valence-corrected chi connectivity index (χ4v) is 3.81. The van der Waals surface area contributed by atoms with Crippen LogP contribution in [0.4, 0.5) is 0 Å².